The SMILES string of the molecule is C[C@H]1CCCc2ccccc2[C@@H]1NC(=O)CCNC(=O)c1c[nH]c2ccccc12. The first kappa shape index (κ1) is 19.2. The summed E-state index contributed by atoms with van der Waals surface area (Å²) >= 11 is 0. The second kappa shape index (κ2) is 8.52. The Bertz CT molecular complexity index is 1020. The van der Waals surface area contributed by atoms with Crippen LogP contribution in [0.3, 0.4) is 0 Å². The second-order valence-electron chi connectivity index (χ2n) is 7.87. The van der Waals surface area contributed by atoms with Gasteiger partial charge in [0.15, 0.2) is 0 Å². The lowest BCUT2D eigenvalue weighted by Crippen LogP contribution is -2.35. The van der Waals surface area contributed by atoms with Gasteiger partial charge in [0, 0.05) is 30.1 Å². The van der Waals surface area contributed by atoms with Gasteiger partial charge in [-0.25, -0.2) is 0 Å². The highest BCUT2D eigenvalue weighted by Gasteiger charge is 2.25. The molecule has 0 spiro atoms. The van der Waals surface area contributed by atoms with Gasteiger partial charge in [0.25, 0.3) is 5.91 Å². The van der Waals surface area contributed by atoms with E-state index in [9.17, 15) is 9.59 Å². The van der Waals surface area contributed by atoms with Gasteiger partial charge >= 0.3 is 0 Å². The molecule has 0 saturated carbocycles. The van der Waals surface area contributed by atoms with E-state index in [0.29, 0.717) is 18.0 Å². The lowest BCUT2D eigenvalue weighted by atomic mass is 9.92. The van der Waals surface area contributed by atoms with Gasteiger partial charge in [0.2, 0.25) is 5.91 Å². The summed E-state index contributed by atoms with van der Waals surface area (Å²) in [5.74, 6) is 0.199. The molecular formula is C24H27N3O2. The quantitative estimate of drug-likeness (QED) is 0.574. The molecule has 3 aromatic rings. The summed E-state index contributed by atoms with van der Waals surface area (Å²) in [5.41, 5.74) is 4.09. The largest absolute Gasteiger partial charge is 0.360 e. The molecule has 0 fully saturated rings. The van der Waals surface area contributed by atoms with Gasteiger partial charge in [-0.15, -0.1) is 0 Å². The van der Waals surface area contributed by atoms with Crippen molar-refractivity contribution in [3.8, 4) is 0 Å². The van der Waals surface area contributed by atoms with Crippen LogP contribution in [0.4, 0.5) is 0 Å². The number of aromatic amines is 1. The zero-order valence-corrected chi connectivity index (χ0v) is 16.7. The van der Waals surface area contributed by atoms with Gasteiger partial charge in [-0.2, -0.15) is 0 Å². The first-order chi connectivity index (χ1) is 14.1. The number of hydrogen-bond donors (Lipinski definition) is 3. The number of hydrogen-bond acceptors (Lipinski definition) is 2. The minimum atomic E-state index is -0.163. The number of rotatable bonds is 5. The number of benzene rings is 2. The van der Waals surface area contributed by atoms with E-state index in [0.717, 1.165) is 30.2 Å². The van der Waals surface area contributed by atoms with Crippen molar-refractivity contribution in [2.45, 2.75) is 38.6 Å². The zero-order chi connectivity index (χ0) is 20.2. The highest BCUT2D eigenvalue weighted by Crippen LogP contribution is 2.32. The van der Waals surface area contributed by atoms with Crippen molar-refractivity contribution < 1.29 is 9.59 Å². The average molecular weight is 389 g/mol. The van der Waals surface area contributed by atoms with Crippen LogP contribution in [-0.2, 0) is 11.2 Å². The lowest BCUT2D eigenvalue weighted by molar-refractivity contribution is -0.122. The van der Waals surface area contributed by atoms with Crippen molar-refractivity contribution in [3.63, 3.8) is 0 Å². The van der Waals surface area contributed by atoms with Gasteiger partial charge < -0.3 is 15.6 Å². The number of nitrogens with one attached hydrogen (secondary N) is 3. The van der Waals surface area contributed by atoms with Crippen molar-refractivity contribution in [2.75, 3.05) is 6.54 Å². The summed E-state index contributed by atoms with van der Waals surface area (Å²) in [6.07, 6.45) is 5.28. The molecule has 1 heterocycles. The molecule has 2 amide bonds. The van der Waals surface area contributed by atoms with Crippen LogP contribution in [0.2, 0.25) is 0 Å². The minimum absolute atomic E-state index is 0.0298. The third-order valence-corrected chi connectivity index (χ3v) is 5.85. The van der Waals surface area contributed by atoms with Gasteiger partial charge in [0.05, 0.1) is 11.6 Å². The smallest absolute Gasteiger partial charge is 0.253 e. The number of fused-ring (bicyclic) bond motifs is 2. The maximum absolute atomic E-state index is 12.6. The molecule has 3 N–H and O–H groups in total. The van der Waals surface area contributed by atoms with Crippen LogP contribution in [0.15, 0.2) is 54.7 Å². The van der Waals surface area contributed by atoms with E-state index in [1.807, 2.05) is 30.3 Å². The van der Waals surface area contributed by atoms with Gasteiger partial charge in [0.1, 0.15) is 0 Å². The normalized spacial score (nSPS) is 18.7. The summed E-state index contributed by atoms with van der Waals surface area (Å²) in [7, 11) is 0. The third kappa shape index (κ3) is 4.19. The topological polar surface area (TPSA) is 74.0 Å². The summed E-state index contributed by atoms with van der Waals surface area (Å²) < 4.78 is 0. The summed E-state index contributed by atoms with van der Waals surface area (Å²) in [6, 6.07) is 16.1. The van der Waals surface area contributed by atoms with E-state index in [-0.39, 0.29) is 24.3 Å². The third-order valence-electron chi connectivity index (χ3n) is 5.85. The van der Waals surface area contributed by atoms with E-state index < -0.39 is 0 Å². The molecule has 0 saturated heterocycles. The average Bonchev–Trinajstić information content (AvgIpc) is 3.10. The van der Waals surface area contributed by atoms with Crippen molar-refractivity contribution in [2.24, 2.45) is 5.92 Å². The summed E-state index contributed by atoms with van der Waals surface area (Å²) in [6.45, 7) is 2.51. The number of para-hydroxylation sites is 1. The Hall–Kier alpha value is -3.08. The maximum Gasteiger partial charge on any atom is 0.253 e. The monoisotopic (exact) mass is 389 g/mol. The van der Waals surface area contributed by atoms with Crippen molar-refractivity contribution >= 4 is 22.7 Å². The van der Waals surface area contributed by atoms with Crippen LogP contribution in [0.5, 0.6) is 0 Å². The molecule has 1 aliphatic carbocycles. The van der Waals surface area contributed by atoms with Crippen LogP contribution >= 0.6 is 0 Å². The molecule has 5 nitrogen and oxygen atoms in total. The standard InChI is InChI=1S/C24H27N3O2/c1-16-7-6-9-17-8-2-3-10-18(17)23(16)27-22(28)13-14-25-24(29)20-15-26-21-12-5-4-11-19(20)21/h2-5,8,10-12,15-16,23,26H,6-7,9,13-14H2,1H3,(H,25,29)(H,27,28)/t16-,23+/m0/s1. The molecule has 4 rings (SSSR count). The van der Waals surface area contributed by atoms with E-state index >= 15 is 0 Å². The predicted molar refractivity (Wildman–Crippen MR) is 115 cm³/mol. The number of aryl methyl sites for hydroxylation is 1. The van der Waals surface area contributed by atoms with Crippen LogP contribution in [0.1, 0.15) is 53.7 Å². The Morgan fingerprint density at radius 1 is 1.10 bits per heavy atom. The first-order valence-electron chi connectivity index (χ1n) is 10.3. The van der Waals surface area contributed by atoms with Crippen molar-refractivity contribution in [1.82, 2.24) is 15.6 Å². The predicted octanol–water partition coefficient (Wildman–Crippen LogP) is 4.12. The molecule has 5 heteroatoms. The lowest BCUT2D eigenvalue weighted by Gasteiger charge is -2.25. The molecule has 0 unspecified atom stereocenters. The number of carbonyl (C=O) groups excluding carboxylic acids is 2. The van der Waals surface area contributed by atoms with Gasteiger partial charge in [-0.1, -0.05) is 49.4 Å². The minimum Gasteiger partial charge on any atom is -0.360 e. The number of H-pyrrole nitrogens is 1. The highest BCUT2D eigenvalue weighted by molar-refractivity contribution is 6.06. The van der Waals surface area contributed by atoms with E-state index in [2.05, 4.69) is 40.7 Å². The Morgan fingerprint density at radius 3 is 2.79 bits per heavy atom. The second-order valence-corrected chi connectivity index (χ2v) is 7.87. The maximum atomic E-state index is 12.6. The zero-order valence-electron chi connectivity index (χ0n) is 16.7. The molecule has 1 aromatic heterocycles. The molecule has 29 heavy (non-hydrogen) atoms. The molecule has 0 aliphatic heterocycles. The Balaban J connectivity index is 1.35. The van der Waals surface area contributed by atoms with E-state index in [1.54, 1.807) is 6.20 Å². The molecule has 0 radical (unpaired) electrons. The van der Waals surface area contributed by atoms with Crippen LogP contribution in [-0.4, -0.2) is 23.3 Å². The van der Waals surface area contributed by atoms with Crippen LogP contribution < -0.4 is 10.6 Å². The van der Waals surface area contributed by atoms with E-state index in [4.69, 9.17) is 0 Å². The van der Waals surface area contributed by atoms with Crippen LogP contribution in [0.25, 0.3) is 10.9 Å². The van der Waals surface area contributed by atoms with Gasteiger partial charge in [-0.05, 0) is 42.4 Å². The highest BCUT2D eigenvalue weighted by atomic mass is 16.2. The number of amides is 2. The molecule has 2 atom stereocenters. The van der Waals surface area contributed by atoms with Crippen LogP contribution in [0, 0.1) is 5.92 Å². The molecule has 2 aromatic carbocycles. The molecule has 150 valence electrons. The first-order valence-corrected chi connectivity index (χ1v) is 10.3. The summed E-state index contributed by atoms with van der Waals surface area (Å²) in [5, 5.41) is 6.96. The Morgan fingerprint density at radius 2 is 1.90 bits per heavy atom. The molecule has 1 aliphatic rings. The molecule has 0 bridgehead atoms. The molecular weight excluding hydrogens is 362 g/mol. The Labute approximate surface area is 170 Å². The fraction of sp³-hybridized carbons (Fsp3) is 0.333. The fourth-order valence-corrected chi connectivity index (χ4v) is 4.26. The van der Waals surface area contributed by atoms with E-state index in [1.165, 1.54) is 11.1 Å². The van der Waals surface area contributed by atoms with Crippen molar-refractivity contribution in [3.05, 3.63) is 71.4 Å². The Kier molecular flexibility index (Phi) is 5.65. The van der Waals surface area contributed by atoms with Crippen molar-refractivity contribution in [1.29, 1.82) is 0 Å². The summed E-state index contributed by atoms with van der Waals surface area (Å²) in [4.78, 5) is 28.2. The van der Waals surface area contributed by atoms with Gasteiger partial charge in [-0.3, -0.25) is 9.59 Å². The number of aromatic nitrogens is 1. The number of carbonyl (C=O) groups is 2. The fourth-order valence-electron chi connectivity index (χ4n) is 4.26.